The zero-order chi connectivity index (χ0) is 13.0. The van der Waals surface area contributed by atoms with Crippen LogP contribution >= 0.6 is 12.4 Å². The summed E-state index contributed by atoms with van der Waals surface area (Å²) in [7, 11) is 3.48. The van der Waals surface area contributed by atoms with Gasteiger partial charge in [-0.2, -0.15) is 0 Å². The number of piperidine rings is 1. The minimum atomic E-state index is 0. The predicted octanol–water partition coefficient (Wildman–Crippen LogP) is 1.94. The lowest BCUT2D eigenvalue weighted by atomic mass is 10.1. The summed E-state index contributed by atoms with van der Waals surface area (Å²) in [6, 6.07) is 7.60. The van der Waals surface area contributed by atoms with E-state index in [1.54, 1.807) is 13.2 Å². The molecule has 0 radical (unpaired) electrons. The lowest BCUT2D eigenvalue weighted by Crippen LogP contribution is -2.46. The molecular weight excluding hydrogens is 264 g/mol. The summed E-state index contributed by atoms with van der Waals surface area (Å²) in [6.45, 7) is 1.93. The van der Waals surface area contributed by atoms with Crippen molar-refractivity contribution in [1.82, 2.24) is 10.2 Å². The Hall–Kier alpha value is -1.26. The first kappa shape index (κ1) is 15.8. The normalized spacial score (nSPS) is 18.3. The summed E-state index contributed by atoms with van der Waals surface area (Å²) in [6.07, 6.45) is 2.19. The molecule has 0 bridgehead atoms. The van der Waals surface area contributed by atoms with Crippen molar-refractivity contribution in [2.75, 3.05) is 27.2 Å². The Morgan fingerprint density at radius 1 is 1.47 bits per heavy atom. The van der Waals surface area contributed by atoms with E-state index in [0.29, 0.717) is 5.56 Å². The number of methoxy groups -OCH3 is 1. The molecule has 1 heterocycles. The van der Waals surface area contributed by atoms with Crippen molar-refractivity contribution < 1.29 is 9.53 Å². The number of likely N-dealkylation sites (N-methyl/N-ethyl adjacent to an activating group) is 1. The number of carbonyl (C=O) groups is 1. The van der Waals surface area contributed by atoms with Crippen molar-refractivity contribution in [2.24, 2.45) is 0 Å². The maximum absolute atomic E-state index is 12.4. The standard InChI is InChI=1S/C14H20N2O2.ClH/c1-16(12-6-4-8-15-10-12)14(17)11-5-3-7-13(9-11)18-2;/h3,5,7,9,12,15H,4,6,8,10H2,1-2H3;1H/t12-;/m1./s1. The van der Waals surface area contributed by atoms with Crippen LogP contribution in [0.1, 0.15) is 23.2 Å². The molecule has 1 amide bonds. The monoisotopic (exact) mass is 284 g/mol. The van der Waals surface area contributed by atoms with Crippen LogP contribution in [0.15, 0.2) is 24.3 Å². The second-order valence-electron chi connectivity index (χ2n) is 4.65. The summed E-state index contributed by atoms with van der Waals surface area (Å²) in [5.74, 6) is 0.776. The summed E-state index contributed by atoms with van der Waals surface area (Å²) in [5.41, 5.74) is 0.683. The van der Waals surface area contributed by atoms with Crippen LogP contribution in [0.4, 0.5) is 0 Å². The molecule has 1 atom stereocenters. The molecule has 1 aliphatic heterocycles. The second-order valence-corrected chi connectivity index (χ2v) is 4.65. The third-order valence-electron chi connectivity index (χ3n) is 3.46. The Morgan fingerprint density at radius 2 is 2.26 bits per heavy atom. The molecule has 106 valence electrons. The molecule has 1 aliphatic rings. The van der Waals surface area contributed by atoms with E-state index < -0.39 is 0 Å². The van der Waals surface area contributed by atoms with Crippen LogP contribution in [0.2, 0.25) is 0 Å². The Kier molecular flexibility index (Phi) is 6.12. The van der Waals surface area contributed by atoms with Crippen LogP contribution in [-0.2, 0) is 0 Å². The average Bonchev–Trinajstić information content (AvgIpc) is 2.46. The smallest absolute Gasteiger partial charge is 0.254 e. The molecule has 1 fully saturated rings. The fourth-order valence-electron chi connectivity index (χ4n) is 2.29. The highest BCUT2D eigenvalue weighted by molar-refractivity contribution is 5.94. The second kappa shape index (κ2) is 7.36. The van der Waals surface area contributed by atoms with E-state index in [1.165, 1.54) is 0 Å². The quantitative estimate of drug-likeness (QED) is 0.922. The number of carbonyl (C=O) groups excluding carboxylic acids is 1. The largest absolute Gasteiger partial charge is 0.497 e. The number of hydrogen-bond acceptors (Lipinski definition) is 3. The van der Waals surface area contributed by atoms with E-state index in [1.807, 2.05) is 30.1 Å². The minimum absolute atomic E-state index is 0. The first-order chi connectivity index (χ1) is 8.72. The van der Waals surface area contributed by atoms with Gasteiger partial charge in [0.05, 0.1) is 7.11 Å². The van der Waals surface area contributed by atoms with Gasteiger partial charge in [-0.25, -0.2) is 0 Å². The van der Waals surface area contributed by atoms with Gasteiger partial charge in [0.2, 0.25) is 0 Å². The van der Waals surface area contributed by atoms with Gasteiger partial charge in [-0.1, -0.05) is 6.07 Å². The van der Waals surface area contributed by atoms with Gasteiger partial charge in [0.15, 0.2) is 0 Å². The fourth-order valence-corrected chi connectivity index (χ4v) is 2.29. The molecule has 1 aromatic carbocycles. The van der Waals surface area contributed by atoms with Crippen LogP contribution < -0.4 is 10.1 Å². The molecule has 0 unspecified atom stereocenters. The number of halogens is 1. The zero-order valence-electron chi connectivity index (χ0n) is 11.4. The summed E-state index contributed by atoms with van der Waals surface area (Å²) in [5, 5.41) is 3.33. The van der Waals surface area contributed by atoms with Gasteiger partial charge in [0, 0.05) is 25.2 Å². The Morgan fingerprint density at radius 3 is 2.89 bits per heavy atom. The SMILES string of the molecule is COc1cccc(C(=O)N(C)[C@@H]2CCCNC2)c1.Cl. The van der Waals surface area contributed by atoms with Crippen molar-refractivity contribution in [1.29, 1.82) is 0 Å². The van der Waals surface area contributed by atoms with Gasteiger partial charge in [-0.3, -0.25) is 4.79 Å². The average molecular weight is 285 g/mol. The van der Waals surface area contributed by atoms with E-state index in [2.05, 4.69) is 5.32 Å². The Bertz CT molecular complexity index is 420. The number of hydrogen-bond donors (Lipinski definition) is 1. The molecule has 1 aromatic rings. The van der Waals surface area contributed by atoms with E-state index in [4.69, 9.17) is 4.74 Å². The zero-order valence-corrected chi connectivity index (χ0v) is 12.2. The molecule has 19 heavy (non-hydrogen) atoms. The molecule has 1 N–H and O–H groups in total. The molecule has 0 aromatic heterocycles. The van der Waals surface area contributed by atoms with Crippen LogP contribution in [0.3, 0.4) is 0 Å². The Labute approximate surface area is 120 Å². The first-order valence-electron chi connectivity index (χ1n) is 6.34. The molecule has 0 spiro atoms. The van der Waals surface area contributed by atoms with Gasteiger partial charge >= 0.3 is 0 Å². The number of nitrogens with zero attached hydrogens (tertiary/aromatic N) is 1. The van der Waals surface area contributed by atoms with Crippen LogP contribution in [0.5, 0.6) is 5.75 Å². The summed E-state index contributed by atoms with van der Waals surface area (Å²) < 4.78 is 5.15. The molecular formula is C14H21ClN2O2. The molecule has 0 aliphatic carbocycles. The predicted molar refractivity (Wildman–Crippen MR) is 78.2 cm³/mol. The lowest BCUT2D eigenvalue weighted by Gasteiger charge is -2.31. The van der Waals surface area contributed by atoms with Gasteiger partial charge < -0.3 is 15.0 Å². The third kappa shape index (κ3) is 3.85. The highest BCUT2D eigenvalue weighted by Crippen LogP contribution is 2.16. The summed E-state index contributed by atoms with van der Waals surface area (Å²) in [4.78, 5) is 14.2. The maximum atomic E-state index is 12.4. The minimum Gasteiger partial charge on any atom is -0.497 e. The topological polar surface area (TPSA) is 41.6 Å². The highest BCUT2D eigenvalue weighted by Gasteiger charge is 2.22. The number of rotatable bonds is 3. The molecule has 0 saturated carbocycles. The summed E-state index contributed by atoms with van der Waals surface area (Å²) >= 11 is 0. The highest BCUT2D eigenvalue weighted by atomic mass is 35.5. The van der Waals surface area contributed by atoms with Gasteiger partial charge in [0.25, 0.3) is 5.91 Å². The van der Waals surface area contributed by atoms with E-state index in [9.17, 15) is 4.79 Å². The molecule has 2 rings (SSSR count). The number of nitrogens with one attached hydrogen (secondary N) is 1. The molecule has 5 heteroatoms. The lowest BCUT2D eigenvalue weighted by molar-refractivity contribution is 0.0708. The molecule has 4 nitrogen and oxygen atoms in total. The van der Waals surface area contributed by atoms with Crippen LogP contribution in [0.25, 0.3) is 0 Å². The van der Waals surface area contributed by atoms with E-state index in [-0.39, 0.29) is 24.4 Å². The fraction of sp³-hybridized carbons (Fsp3) is 0.500. The van der Waals surface area contributed by atoms with Crippen molar-refractivity contribution in [2.45, 2.75) is 18.9 Å². The van der Waals surface area contributed by atoms with Gasteiger partial charge in [-0.05, 0) is 37.6 Å². The number of benzene rings is 1. The van der Waals surface area contributed by atoms with E-state index in [0.717, 1.165) is 31.7 Å². The number of ether oxygens (including phenoxy) is 1. The van der Waals surface area contributed by atoms with Gasteiger partial charge in [0.1, 0.15) is 5.75 Å². The van der Waals surface area contributed by atoms with Crippen LogP contribution in [-0.4, -0.2) is 44.1 Å². The Balaban J connectivity index is 0.00000180. The van der Waals surface area contributed by atoms with Crippen LogP contribution in [0, 0.1) is 0 Å². The van der Waals surface area contributed by atoms with Crippen molar-refractivity contribution in [3.8, 4) is 5.75 Å². The molecule has 1 saturated heterocycles. The third-order valence-corrected chi connectivity index (χ3v) is 3.46. The van der Waals surface area contributed by atoms with Crippen molar-refractivity contribution in [3.05, 3.63) is 29.8 Å². The first-order valence-corrected chi connectivity index (χ1v) is 6.34. The van der Waals surface area contributed by atoms with Crippen molar-refractivity contribution >= 4 is 18.3 Å². The van der Waals surface area contributed by atoms with Crippen molar-refractivity contribution in [3.63, 3.8) is 0 Å². The van der Waals surface area contributed by atoms with E-state index >= 15 is 0 Å². The van der Waals surface area contributed by atoms with Gasteiger partial charge in [-0.15, -0.1) is 12.4 Å². The maximum Gasteiger partial charge on any atom is 0.254 e. The number of amides is 1.